The number of anilines is 1. The minimum atomic E-state index is -0.0474. The molecule has 0 saturated carbocycles. The molecule has 0 fully saturated rings. The number of hydrogen-bond acceptors (Lipinski definition) is 6. The van der Waals surface area contributed by atoms with E-state index >= 15 is 0 Å². The number of ether oxygens (including phenoxy) is 1. The average molecular weight is 399 g/mol. The van der Waals surface area contributed by atoms with Crippen molar-refractivity contribution in [2.45, 2.75) is 26.5 Å². The second-order valence-electron chi connectivity index (χ2n) is 6.91. The summed E-state index contributed by atoms with van der Waals surface area (Å²) < 4.78 is 17.4. The van der Waals surface area contributed by atoms with Crippen LogP contribution in [0.4, 0.5) is 5.88 Å². The number of oxazole rings is 1. The molecule has 1 atom stereocenters. The van der Waals surface area contributed by atoms with Crippen molar-refractivity contribution < 1.29 is 13.6 Å². The zero-order chi connectivity index (χ0) is 20.9. The first-order valence-electron chi connectivity index (χ1n) is 9.64. The van der Waals surface area contributed by atoms with E-state index in [1.54, 1.807) is 6.07 Å². The smallest absolute Gasteiger partial charge is 0.266 e. The molecular weight excluding hydrogens is 378 g/mol. The molecular formula is C24H21N3O3. The number of nitriles is 1. The van der Waals surface area contributed by atoms with Crippen molar-refractivity contribution in [1.29, 1.82) is 5.26 Å². The number of nitrogens with one attached hydrogen (secondary N) is 1. The van der Waals surface area contributed by atoms with E-state index in [0.29, 0.717) is 17.4 Å². The van der Waals surface area contributed by atoms with Crippen LogP contribution in [0.15, 0.2) is 75.6 Å². The molecule has 0 aliphatic heterocycles. The van der Waals surface area contributed by atoms with E-state index in [1.807, 2.05) is 74.5 Å². The fourth-order valence-corrected chi connectivity index (χ4v) is 3.06. The van der Waals surface area contributed by atoms with Crippen molar-refractivity contribution in [3.8, 4) is 23.5 Å². The van der Waals surface area contributed by atoms with Crippen LogP contribution in [0.2, 0.25) is 0 Å². The molecule has 0 radical (unpaired) electrons. The van der Waals surface area contributed by atoms with Crippen molar-refractivity contribution in [2.75, 3.05) is 5.32 Å². The molecule has 150 valence electrons. The summed E-state index contributed by atoms with van der Waals surface area (Å²) in [5, 5.41) is 12.7. The lowest BCUT2D eigenvalue weighted by atomic mass is 10.1. The molecule has 1 N–H and O–H groups in total. The van der Waals surface area contributed by atoms with Crippen molar-refractivity contribution in [3.63, 3.8) is 0 Å². The summed E-state index contributed by atoms with van der Waals surface area (Å²) in [7, 11) is 0. The monoisotopic (exact) mass is 399 g/mol. The number of furan rings is 1. The van der Waals surface area contributed by atoms with Gasteiger partial charge in [-0.1, -0.05) is 48.5 Å². The highest BCUT2D eigenvalue weighted by Gasteiger charge is 2.19. The maximum absolute atomic E-state index is 9.44. The SMILES string of the molecule is Cc1ccccc1OCc1ccc(-c2nc(C#N)c(N[C@@H](C)c3ccccc3)o2)o1. The molecule has 2 aromatic carbocycles. The van der Waals surface area contributed by atoms with Gasteiger partial charge in [0.05, 0.1) is 6.04 Å². The molecule has 0 aliphatic carbocycles. The summed E-state index contributed by atoms with van der Waals surface area (Å²) in [6.07, 6.45) is 0. The molecule has 0 bridgehead atoms. The van der Waals surface area contributed by atoms with Crippen molar-refractivity contribution in [3.05, 3.63) is 89.3 Å². The third-order valence-corrected chi connectivity index (χ3v) is 4.72. The van der Waals surface area contributed by atoms with E-state index in [1.165, 1.54) is 0 Å². The summed E-state index contributed by atoms with van der Waals surface area (Å²) in [6, 6.07) is 23.3. The second-order valence-corrected chi connectivity index (χ2v) is 6.91. The number of hydrogen-bond donors (Lipinski definition) is 1. The topological polar surface area (TPSA) is 84.2 Å². The maximum Gasteiger partial charge on any atom is 0.266 e. The quantitative estimate of drug-likeness (QED) is 0.418. The van der Waals surface area contributed by atoms with Gasteiger partial charge in [-0.25, -0.2) is 0 Å². The van der Waals surface area contributed by atoms with Gasteiger partial charge in [-0.15, -0.1) is 0 Å². The molecule has 0 amide bonds. The molecule has 4 aromatic rings. The molecule has 0 spiro atoms. The number of rotatable bonds is 7. The highest BCUT2D eigenvalue weighted by atomic mass is 16.5. The maximum atomic E-state index is 9.44. The first-order chi connectivity index (χ1) is 14.6. The molecule has 2 heterocycles. The summed E-state index contributed by atoms with van der Waals surface area (Å²) in [4.78, 5) is 4.27. The van der Waals surface area contributed by atoms with Crippen LogP contribution < -0.4 is 10.1 Å². The number of aromatic nitrogens is 1. The van der Waals surface area contributed by atoms with E-state index in [0.717, 1.165) is 16.9 Å². The van der Waals surface area contributed by atoms with Gasteiger partial charge in [0.1, 0.15) is 24.2 Å². The normalized spacial score (nSPS) is 11.6. The molecule has 2 aromatic heterocycles. The van der Waals surface area contributed by atoms with E-state index in [2.05, 4.69) is 16.4 Å². The Morgan fingerprint density at radius 1 is 1.03 bits per heavy atom. The van der Waals surface area contributed by atoms with Gasteiger partial charge < -0.3 is 18.9 Å². The molecule has 6 heteroatoms. The van der Waals surface area contributed by atoms with Crippen LogP contribution >= 0.6 is 0 Å². The minimum Gasteiger partial charge on any atom is -0.485 e. The molecule has 4 rings (SSSR count). The van der Waals surface area contributed by atoms with Gasteiger partial charge in [0.25, 0.3) is 5.89 Å². The lowest BCUT2D eigenvalue weighted by Crippen LogP contribution is -2.06. The van der Waals surface area contributed by atoms with E-state index in [9.17, 15) is 5.26 Å². The first kappa shape index (κ1) is 19.3. The predicted molar refractivity (Wildman–Crippen MR) is 113 cm³/mol. The minimum absolute atomic E-state index is 0.0474. The molecule has 30 heavy (non-hydrogen) atoms. The van der Waals surface area contributed by atoms with Crippen LogP contribution in [0.1, 0.15) is 35.5 Å². The average Bonchev–Trinajstić information content (AvgIpc) is 3.40. The third kappa shape index (κ3) is 4.20. The molecule has 0 unspecified atom stereocenters. The van der Waals surface area contributed by atoms with Crippen LogP contribution in [-0.2, 0) is 6.61 Å². The largest absolute Gasteiger partial charge is 0.485 e. The Hall–Kier alpha value is -3.98. The Bertz CT molecular complexity index is 1170. The first-order valence-corrected chi connectivity index (χ1v) is 9.64. The zero-order valence-electron chi connectivity index (χ0n) is 16.8. The van der Waals surface area contributed by atoms with Gasteiger partial charge in [-0.05, 0) is 43.2 Å². The second kappa shape index (κ2) is 8.58. The van der Waals surface area contributed by atoms with Crippen LogP contribution in [0, 0.1) is 18.3 Å². The van der Waals surface area contributed by atoms with Gasteiger partial charge in [-0.3, -0.25) is 0 Å². The highest BCUT2D eigenvalue weighted by Crippen LogP contribution is 2.30. The van der Waals surface area contributed by atoms with Gasteiger partial charge in [0.15, 0.2) is 5.76 Å². The number of aryl methyl sites for hydroxylation is 1. The fourth-order valence-electron chi connectivity index (χ4n) is 3.06. The summed E-state index contributed by atoms with van der Waals surface area (Å²) in [5.74, 6) is 2.45. The lowest BCUT2D eigenvalue weighted by Gasteiger charge is -2.12. The Kier molecular flexibility index (Phi) is 5.53. The molecule has 0 saturated heterocycles. The van der Waals surface area contributed by atoms with Gasteiger partial charge in [-0.2, -0.15) is 10.2 Å². The molecule has 6 nitrogen and oxygen atoms in total. The number of para-hydroxylation sites is 1. The third-order valence-electron chi connectivity index (χ3n) is 4.72. The van der Waals surface area contributed by atoms with Crippen LogP contribution in [0.5, 0.6) is 5.75 Å². The Morgan fingerprint density at radius 3 is 2.57 bits per heavy atom. The molecule has 0 aliphatic rings. The van der Waals surface area contributed by atoms with Crippen molar-refractivity contribution in [1.82, 2.24) is 4.98 Å². The van der Waals surface area contributed by atoms with E-state index < -0.39 is 0 Å². The zero-order valence-corrected chi connectivity index (χ0v) is 16.8. The summed E-state index contributed by atoms with van der Waals surface area (Å²) in [5.41, 5.74) is 2.31. The van der Waals surface area contributed by atoms with Gasteiger partial charge in [0, 0.05) is 0 Å². The van der Waals surface area contributed by atoms with Crippen LogP contribution in [0.25, 0.3) is 11.7 Å². The Labute approximate surface area is 174 Å². The Balaban J connectivity index is 1.48. The predicted octanol–water partition coefficient (Wildman–Crippen LogP) is 5.87. The van der Waals surface area contributed by atoms with Crippen LogP contribution in [-0.4, -0.2) is 4.98 Å². The van der Waals surface area contributed by atoms with Crippen molar-refractivity contribution >= 4 is 5.88 Å². The lowest BCUT2D eigenvalue weighted by molar-refractivity contribution is 0.269. The van der Waals surface area contributed by atoms with E-state index in [4.69, 9.17) is 13.6 Å². The van der Waals surface area contributed by atoms with Gasteiger partial charge >= 0.3 is 0 Å². The highest BCUT2D eigenvalue weighted by molar-refractivity contribution is 5.55. The van der Waals surface area contributed by atoms with Crippen LogP contribution in [0.3, 0.4) is 0 Å². The summed E-state index contributed by atoms with van der Waals surface area (Å²) >= 11 is 0. The Morgan fingerprint density at radius 2 is 1.80 bits per heavy atom. The van der Waals surface area contributed by atoms with Gasteiger partial charge in [0.2, 0.25) is 11.6 Å². The number of nitrogens with zero attached hydrogens (tertiary/aromatic N) is 2. The van der Waals surface area contributed by atoms with E-state index in [-0.39, 0.29) is 24.2 Å². The fraction of sp³-hybridized carbons (Fsp3) is 0.167. The number of benzene rings is 2. The standard InChI is InChI=1S/C24H21N3O3/c1-16-8-6-7-11-21(16)28-15-19-12-13-22(29-19)24-27-20(14-25)23(30-24)26-17(2)18-9-4-3-5-10-18/h3-13,17,26H,15H2,1-2H3/t17-/m0/s1. The van der Waals surface area contributed by atoms with Crippen molar-refractivity contribution in [2.24, 2.45) is 0 Å². The summed E-state index contributed by atoms with van der Waals surface area (Å²) in [6.45, 7) is 4.27.